The van der Waals surface area contributed by atoms with Crippen molar-refractivity contribution in [3.05, 3.63) is 35.9 Å². The highest BCUT2D eigenvalue weighted by Gasteiger charge is 2.17. The number of unbranched alkanes of at least 4 members (excludes halogenated alkanes) is 2. The van der Waals surface area contributed by atoms with Crippen LogP contribution in [0.15, 0.2) is 30.3 Å². The quantitative estimate of drug-likeness (QED) is 0.670. The van der Waals surface area contributed by atoms with Crippen molar-refractivity contribution in [1.82, 2.24) is 9.62 Å². The fourth-order valence-corrected chi connectivity index (χ4v) is 2.98. The highest BCUT2D eigenvalue weighted by atomic mass is 32.2. The van der Waals surface area contributed by atoms with Gasteiger partial charge in [0.1, 0.15) is 0 Å². The molecule has 1 rings (SSSR count). The van der Waals surface area contributed by atoms with Crippen LogP contribution in [0, 0.1) is 0 Å². The third-order valence-corrected chi connectivity index (χ3v) is 4.70. The van der Waals surface area contributed by atoms with E-state index in [2.05, 4.69) is 12.2 Å². The average molecular weight is 326 g/mol. The summed E-state index contributed by atoms with van der Waals surface area (Å²) in [6.07, 6.45) is 4.24. The van der Waals surface area contributed by atoms with E-state index < -0.39 is 10.0 Å². The molecule has 0 aromatic heterocycles. The van der Waals surface area contributed by atoms with Crippen molar-refractivity contribution in [1.29, 1.82) is 0 Å². The van der Waals surface area contributed by atoms with Gasteiger partial charge in [-0.05, 0) is 12.0 Å². The molecule has 22 heavy (non-hydrogen) atoms. The minimum Gasteiger partial charge on any atom is -0.352 e. The molecule has 0 fully saturated rings. The van der Waals surface area contributed by atoms with Crippen LogP contribution in [-0.4, -0.2) is 38.0 Å². The second-order valence-electron chi connectivity index (χ2n) is 5.38. The summed E-state index contributed by atoms with van der Waals surface area (Å²) in [5.74, 6) is -0.131. The Morgan fingerprint density at radius 3 is 2.41 bits per heavy atom. The van der Waals surface area contributed by atoms with Gasteiger partial charge in [0.05, 0.1) is 6.26 Å². The number of hydrogen-bond acceptors (Lipinski definition) is 3. The fourth-order valence-electron chi connectivity index (χ4n) is 2.09. The normalized spacial score (nSPS) is 11.6. The van der Waals surface area contributed by atoms with Crippen molar-refractivity contribution in [2.45, 2.75) is 39.2 Å². The highest BCUT2D eigenvalue weighted by molar-refractivity contribution is 7.88. The topological polar surface area (TPSA) is 66.5 Å². The molecule has 1 aromatic rings. The molecule has 0 unspecified atom stereocenters. The summed E-state index contributed by atoms with van der Waals surface area (Å²) in [5, 5.41) is 2.81. The predicted octanol–water partition coefficient (Wildman–Crippen LogP) is 2.14. The third kappa shape index (κ3) is 7.56. The summed E-state index contributed by atoms with van der Waals surface area (Å²) >= 11 is 0. The summed E-state index contributed by atoms with van der Waals surface area (Å²) in [4.78, 5) is 11.8. The zero-order valence-corrected chi connectivity index (χ0v) is 14.2. The van der Waals surface area contributed by atoms with Crippen LogP contribution in [0.2, 0.25) is 0 Å². The zero-order chi connectivity index (χ0) is 16.4. The van der Waals surface area contributed by atoms with Crippen LogP contribution in [0.25, 0.3) is 0 Å². The summed E-state index contributed by atoms with van der Waals surface area (Å²) in [5.41, 5.74) is 1.03. The number of hydrogen-bond donors (Lipinski definition) is 1. The van der Waals surface area contributed by atoms with Crippen molar-refractivity contribution in [2.75, 3.05) is 19.3 Å². The maximum atomic E-state index is 11.8. The monoisotopic (exact) mass is 326 g/mol. The maximum absolute atomic E-state index is 11.8. The van der Waals surface area contributed by atoms with Crippen molar-refractivity contribution < 1.29 is 13.2 Å². The molecule has 1 N–H and O–H groups in total. The van der Waals surface area contributed by atoms with Crippen molar-refractivity contribution >= 4 is 15.9 Å². The Bertz CT molecular complexity index is 544. The molecule has 0 bridgehead atoms. The van der Waals surface area contributed by atoms with Crippen LogP contribution >= 0.6 is 0 Å². The molecule has 6 heteroatoms. The average Bonchev–Trinajstić information content (AvgIpc) is 2.48. The minimum absolute atomic E-state index is 0.131. The Kier molecular flexibility index (Phi) is 8.12. The molecule has 0 radical (unpaired) electrons. The van der Waals surface area contributed by atoms with Crippen LogP contribution in [-0.2, 0) is 21.4 Å². The lowest BCUT2D eigenvalue weighted by Crippen LogP contribution is -2.35. The molecule has 0 aliphatic carbocycles. The summed E-state index contributed by atoms with van der Waals surface area (Å²) in [6, 6.07) is 9.63. The van der Waals surface area contributed by atoms with Gasteiger partial charge in [0.25, 0.3) is 0 Å². The SMILES string of the molecule is CCCCCN(CCC(=O)NCc1ccccc1)S(C)(=O)=O. The van der Waals surface area contributed by atoms with E-state index in [0.717, 1.165) is 24.8 Å². The fraction of sp³-hybridized carbons (Fsp3) is 0.562. The van der Waals surface area contributed by atoms with Crippen LogP contribution in [0.5, 0.6) is 0 Å². The highest BCUT2D eigenvalue weighted by Crippen LogP contribution is 2.05. The Hall–Kier alpha value is -1.40. The van der Waals surface area contributed by atoms with Gasteiger partial charge in [-0.25, -0.2) is 12.7 Å². The van der Waals surface area contributed by atoms with Crippen LogP contribution in [0.1, 0.15) is 38.2 Å². The van der Waals surface area contributed by atoms with E-state index in [1.807, 2.05) is 30.3 Å². The first kappa shape index (κ1) is 18.6. The van der Waals surface area contributed by atoms with Gasteiger partial charge in [0, 0.05) is 26.1 Å². The maximum Gasteiger partial charge on any atom is 0.221 e. The smallest absolute Gasteiger partial charge is 0.221 e. The Labute approximate surface area is 133 Å². The van der Waals surface area contributed by atoms with E-state index in [1.165, 1.54) is 10.6 Å². The zero-order valence-electron chi connectivity index (χ0n) is 13.4. The predicted molar refractivity (Wildman–Crippen MR) is 88.8 cm³/mol. The molecule has 124 valence electrons. The van der Waals surface area contributed by atoms with Gasteiger partial charge in [-0.1, -0.05) is 50.1 Å². The van der Waals surface area contributed by atoms with Gasteiger partial charge in [-0.2, -0.15) is 0 Å². The van der Waals surface area contributed by atoms with E-state index in [9.17, 15) is 13.2 Å². The largest absolute Gasteiger partial charge is 0.352 e. The standard InChI is InChI=1S/C16H26N2O3S/c1-3-4-8-12-18(22(2,20)21)13-11-16(19)17-14-15-9-6-5-7-10-15/h5-7,9-10H,3-4,8,11-14H2,1-2H3,(H,17,19). The molecular weight excluding hydrogens is 300 g/mol. The molecule has 0 spiro atoms. The second kappa shape index (κ2) is 9.58. The first-order valence-electron chi connectivity index (χ1n) is 7.69. The second-order valence-corrected chi connectivity index (χ2v) is 7.36. The number of benzene rings is 1. The lowest BCUT2D eigenvalue weighted by Gasteiger charge is -2.19. The van der Waals surface area contributed by atoms with Gasteiger partial charge >= 0.3 is 0 Å². The molecule has 5 nitrogen and oxygen atoms in total. The van der Waals surface area contributed by atoms with Crippen LogP contribution in [0.4, 0.5) is 0 Å². The molecular formula is C16H26N2O3S. The van der Waals surface area contributed by atoms with Crippen molar-refractivity contribution in [2.24, 2.45) is 0 Å². The Balaban J connectivity index is 2.38. The summed E-state index contributed by atoms with van der Waals surface area (Å²) in [6.45, 7) is 3.26. The van der Waals surface area contributed by atoms with E-state index in [4.69, 9.17) is 0 Å². The van der Waals surface area contributed by atoms with Crippen molar-refractivity contribution in [3.63, 3.8) is 0 Å². The van der Waals surface area contributed by atoms with Crippen molar-refractivity contribution in [3.8, 4) is 0 Å². The first-order chi connectivity index (χ1) is 10.4. The molecule has 1 amide bonds. The molecule has 0 heterocycles. The Morgan fingerprint density at radius 1 is 1.14 bits per heavy atom. The number of sulfonamides is 1. The molecule has 0 saturated heterocycles. The van der Waals surface area contributed by atoms with Crippen LogP contribution in [0.3, 0.4) is 0 Å². The van der Waals surface area contributed by atoms with E-state index in [0.29, 0.717) is 13.1 Å². The number of carbonyl (C=O) groups is 1. The molecule has 1 aromatic carbocycles. The summed E-state index contributed by atoms with van der Waals surface area (Å²) in [7, 11) is -3.25. The number of amides is 1. The lowest BCUT2D eigenvalue weighted by molar-refractivity contribution is -0.121. The lowest BCUT2D eigenvalue weighted by atomic mass is 10.2. The van der Waals surface area contributed by atoms with Crippen LogP contribution < -0.4 is 5.32 Å². The van der Waals surface area contributed by atoms with Gasteiger partial charge in [0.15, 0.2) is 0 Å². The summed E-state index contributed by atoms with van der Waals surface area (Å²) < 4.78 is 24.8. The number of carbonyl (C=O) groups excluding carboxylic acids is 1. The first-order valence-corrected chi connectivity index (χ1v) is 9.54. The van der Waals surface area contributed by atoms with E-state index in [1.54, 1.807) is 0 Å². The number of nitrogens with zero attached hydrogens (tertiary/aromatic N) is 1. The minimum atomic E-state index is -3.25. The van der Waals surface area contributed by atoms with Gasteiger partial charge in [0.2, 0.25) is 15.9 Å². The molecule has 0 aliphatic heterocycles. The van der Waals surface area contributed by atoms with E-state index >= 15 is 0 Å². The molecule has 0 atom stereocenters. The Morgan fingerprint density at radius 2 is 1.82 bits per heavy atom. The number of rotatable bonds is 10. The van der Waals surface area contributed by atoms with Gasteiger partial charge < -0.3 is 5.32 Å². The molecule has 0 aliphatic rings. The number of nitrogens with one attached hydrogen (secondary N) is 1. The van der Waals surface area contributed by atoms with Gasteiger partial charge in [-0.15, -0.1) is 0 Å². The molecule has 0 saturated carbocycles. The third-order valence-electron chi connectivity index (χ3n) is 3.40. The van der Waals surface area contributed by atoms with E-state index in [-0.39, 0.29) is 18.9 Å². The van der Waals surface area contributed by atoms with Gasteiger partial charge in [-0.3, -0.25) is 4.79 Å².